The van der Waals surface area contributed by atoms with Gasteiger partial charge in [-0.05, 0) is 31.2 Å². The molecule has 0 atom stereocenters. The van der Waals surface area contributed by atoms with Crippen LogP contribution in [0.25, 0.3) is 0 Å². The fourth-order valence-corrected chi connectivity index (χ4v) is 2.27. The van der Waals surface area contributed by atoms with Crippen molar-refractivity contribution < 1.29 is 8.42 Å². The smallest absolute Gasteiger partial charge is 0.200 e. The monoisotopic (exact) mass is 274 g/mol. The highest BCUT2D eigenvalue weighted by Gasteiger charge is 2.11. The molecule has 98 valence electrons. The molecule has 5 heteroatoms. The highest BCUT2D eigenvalue weighted by molar-refractivity contribution is 7.89. The Morgan fingerprint density at radius 2 is 1.47 bits per heavy atom. The average molecular weight is 274 g/mol. The fraction of sp³-hybridized carbons (Fsp3) is 0.0714. The molecule has 0 fully saturated rings. The predicted octanol–water partition coefficient (Wildman–Crippen LogP) is 1.79. The van der Waals surface area contributed by atoms with E-state index < -0.39 is 10.0 Å². The van der Waals surface area contributed by atoms with Crippen LogP contribution in [0.4, 0.5) is 0 Å². The lowest BCUT2D eigenvalue weighted by molar-refractivity contribution is 0.583. The quantitative estimate of drug-likeness (QED) is 0.867. The zero-order chi connectivity index (χ0) is 13.7. The highest BCUT2D eigenvalue weighted by Crippen LogP contribution is 2.09. The van der Waals surface area contributed by atoms with E-state index in [0.29, 0.717) is 5.36 Å². The van der Waals surface area contributed by atoms with Crippen LogP contribution in [-0.2, 0) is 10.0 Å². The number of benzene rings is 1. The minimum absolute atomic E-state index is 0.196. The highest BCUT2D eigenvalue weighted by atomic mass is 32.2. The van der Waals surface area contributed by atoms with Gasteiger partial charge in [-0.15, -0.1) is 0 Å². The van der Waals surface area contributed by atoms with Crippen LogP contribution in [0, 0.1) is 6.92 Å². The van der Waals surface area contributed by atoms with Crippen LogP contribution in [0.15, 0.2) is 70.7 Å². The summed E-state index contributed by atoms with van der Waals surface area (Å²) in [5, 5.41) is 4.42. The summed E-state index contributed by atoms with van der Waals surface area (Å²) in [4.78, 5) is 2.42. The fourth-order valence-electron chi connectivity index (χ4n) is 1.45. The van der Waals surface area contributed by atoms with Crippen molar-refractivity contribution in [3.63, 3.8) is 0 Å². The van der Waals surface area contributed by atoms with Gasteiger partial charge in [0.2, 0.25) is 0 Å². The van der Waals surface area contributed by atoms with Gasteiger partial charge in [0.15, 0.2) is 0 Å². The molecular weight excluding hydrogens is 260 g/mol. The third-order valence-corrected chi connectivity index (χ3v) is 3.72. The van der Waals surface area contributed by atoms with Gasteiger partial charge in [0.1, 0.15) is 0 Å². The average Bonchev–Trinajstić information content (AvgIpc) is 2.65. The molecule has 0 heterocycles. The summed E-state index contributed by atoms with van der Waals surface area (Å²) in [6.45, 7) is 1.90. The molecule has 2 aromatic rings. The molecule has 0 bridgehead atoms. The minimum atomic E-state index is -3.61. The van der Waals surface area contributed by atoms with Crippen LogP contribution in [0.2, 0.25) is 0 Å². The number of rotatable bonds is 3. The summed E-state index contributed by atoms with van der Waals surface area (Å²) in [5.41, 5.74) is 1.01. The summed E-state index contributed by atoms with van der Waals surface area (Å²) in [6, 6.07) is 17.3. The second-order valence-corrected chi connectivity index (χ2v) is 5.71. The SMILES string of the molecule is Cc1ccc(S(=O)(=O)NN=c2cccccc2)cc1. The maximum absolute atomic E-state index is 12.0. The molecule has 2 aromatic carbocycles. The van der Waals surface area contributed by atoms with Crippen LogP contribution in [-0.4, -0.2) is 8.42 Å². The zero-order valence-corrected chi connectivity index (χ0v) is 11.3. The van der Waals surface area contributed by atoms with E-state index in [1.54, 1.807) is 48.5 Å². The van der Waals surface area contributed by atoms with Crippen molar-refractivity contribution in [1.29, 1.82) is 0 Å². The molecule has 0 aliphatic heterocycles. The van der Waals surface area contributed by atoms with Gasteiger partial charge in [-0.2, -0.15) is 18.4 Å². The number of sulfonamides is 1. The first-order valence-electron chi connectivity index (χ1n) is 5.75. The van der Waals surface area contributed by atoms with E-state index in [2.05, 4.69) is 9.93 Å². The Kier molecular flexibility index (Phi) is 3.97. The van der Waals surface area contributed by atoms with Crippen LogP contribution in [0.3, 0.4) is 0 Å². The van der Waals surface area contributed by atoms with Gasteiger partial charge in [0.05, 0.1) is 10.3 Å². The van der Waals surface area contributed by atoms with Crippen LogP contribution < -0.4 is 10.2 Å². The third kappa shape index (κ3) is 3.66. The Morgan fingerprint density at radius 1 is 0.895 bits per heavy atom. The maximum Gasteiger partial charge on any atom is 0.276 e. The molecule has 0 unspecified atom stereocenters. The van der Waals surface area contributed by atoms with Crippen molar-refractivity contribution in [3.8, 4) is 0 Å². The van der Waals surface area contributed by atoms with Crippen molar-refractivity contribution in [2.75, 3.05) is 0 Å². The Bertz CT molecular complexity index is 701. The summed E-state index contributed by atoms with van der Waals surface area (Å²) >= 11 is 0. The number of nitrogens with one attached hydrogen (secondary N) is 1. The number of hydrogen-bond donors (Lipinski definition) is 1. The van der Waals surface area contributed by atoms with E-state index in [1.165, 1.54) is 0 Å². The van der Waals surface area contributed by atoms with Crippen molar-refractivity contribution in [2.24, 2.45) is 5.10 Å². The van der Waals surface area contributed by atoms with Gasteiger partial charge in [-0.25, -0.2) is 0 Å². The van der Waals surface area contributed by atoms with E-state index >= 15 is 0 Å². The molecule has 0 amide bonds. The molecule has 0 spiro atoms. The van der Waals surface area contributed by atoms with Crippen molar-refractivity contribution in [3.05, 3.63) is 71.6 Å². The topological polar surface area (TPSA) is 58.5 Å². The van der Waals surface area contributed by atoms with E-state index in [9.17, 15) is 8.42 Å². The molecule has 4 nitrogen and oxygen atoms in total. The van der Waals surface area contributed by atoms with Crippen LogP contribution in [0.1, 0.15) is 5.56 Å². The summed E-state index contributed by atoms with van der Waals surface area (Å²) in [7, 11) is -3.61. The van der Waals surface area contributed by atoms with Gasteiger partial charge in [0.25, 0.3) is 10.0 Å². The van der Waals surface area contributed by atoms with E-state index in [0.717, 1.165) is 5.56 Å². The molecule has 0 saturated heterocycles. The number of aryl methyl sites for hydroxylation is 1. The summed E-state index contributed by atoms with van der Waals surface area (Å²) in [6.07, 6.45) is 0. The lowest BCUT2D eigenvalue weighted by Gasteiger charge is -2.02. The van der Waals surface area contributed by atoms with Gasteiger partial charge in [0, 0.05) is 0 Å². The Labute approximate surface area is 112 Å². The second kappa shape index (κ2) is 5.67. The molecule has 19 heavy (non-hydrogen) atoms. The van der Waals surface area contributed by atoms with Gasteiger partial charge >= 0.3 is 0 Å². The number of nitrogens with zero attached hydrogens (tertiary/aromatic N) is 1. The lowest BCUT2D eigenvalue weighted by atomic mass is 10.2. The first-order valence-corrected chi connectivity index (χ1v) is 7.24. The van der Waals surface area contributed by atoms with Gasteiger partial charge < -0.3 is 0 Å². The normalized spacial score (nSPS) is 10.8. The third-order valence-electron chi connectivity index (χ3n) is 2.49. The minimum Gasteiger partial charge on any atom is -0.200 e. The lowest BCUT2D eigenvalue weighted by Crippen LogP contribution is -2.21. The number of hydrogen-bond acceptors (Lipinski definition) is 3. The van der Waals surface area contributed by atoms with Crippen LogP contribution in [0.5, 0.6) is 0 Å². The Morgan fingerprint density at radius 3 is 2.05 bits per heavy atom. The first-order chi connectivity index (χ1) is 9.08. The first kappa shape index (κ1) is 13.3. The Hall–Kier alpha value is -2.14. The molecular formula is C14H14N2O2S. The van der Waals surface area contributed by atoms with Gasteiger partial charge in [-0.3, -0.25) is 0 Å². The molecule has 0 aliphatic carbocycles. The molecule has 0 radical (unpaired) electrons. The van der Waals surface area contributed by atoms with Crippen LogP contribution >= 0.6 is 0 Å². The van der Waals surface area contributed by atoms with Crippen molar-refractivity contribution in [2.45, 2.75) is 11.8 Å². The standard InChI is InChI=1S/C14H14N2O2S/c1-12-8-10-14(11-9-12)19(17,18)16-15-13-6-4-2-3-5-7-13/h2-11,16H,1H3. The Balaban J connectivity index is 2.28. The second-order valence-electron chi connectivity index (χ2n) is 4.05. The molecule has 1 N–H and O–H groups in total. The zero-order valence-electron chi connectivity index (χ0n) is 10.4. The van der Waals surface area contributed by atoms with Gasteiger partial charge in [-0.1, -0.05) is 42.0 Å². The van der Waals surface area contributed by atoms with E-state index in [4.69, 9.17) is 0 Å². The summed E-state index contributed by atoms with van der Waals surface area (Å²) < 4.78 is 24.0. The molecule has 0 saturated carbocycles. The maximum atomic E-state index is 12.0. The largest absolute Gasteiger partial charge is 0.276 e. The summed E-state index contributed by atoms with van der Waals surface area (Å²) in [5.74, 6) is 0. The molecule has 0 aromatic heterocycles. The van der Waals surface area contributed by atoms with E-state index in [1.807, 2.05) is 19.1 Å². The predicted molar refractivity (Wildman–Crippen MR) is 73.5 cm³/mol. The molecule has 0 aliphatic rings. The van der Waals surface area contributed by atoms with E-state index in [-0.39, 0.29) is 4.90 Å². The van der Waals surface area contributed by atoms with Crippen molar-refractivity contribution >= 4 is 10.0 Å². The molecule has 2 rings (SSSR count). The van der Waals surface area contributed by atoms with Crippen molar-refractivity contribution in [1.82, 2.24) is 4.83 Å².